The second kappa shape index (κ2) is 7.79. The van der Waals surface area contributed by atoms with Crippen LogP contribution in [-0.4, -0.2) is 25.9 Å². The highest BCUT2D eigenvalue weighted by Crippen LogP contribution is 2.39. The van der Waals surface area contributed by atoms with E-state index in [1.165, 1.54) is 11.1 Å². The van der Waals surface area contributed by atoms with Crippen LogP contribution in [0.15, 0.2) is 61.2 Å². The third kappa shape index (κ3) is 4.00. The molecule has 1 aliphatic rings. The fourth-order valence-electron chi connectivity index (χ4n) is 3.42. The highest BCUT2D eigenvalue weighted by molar-refractivity contribution is 5.85. The highest BCUT2D eigenvalue weighted by Gasteiger charge is 2.24. The minimum absolute atomic E-state index is 0.0767. The fourth-order valence-corrected chi connectivity index (χ4v) is 3.42. The summed E-state index contributed by atoms with van der Waals surface area (Å²) < 4.78 is 11.2. The van der Waals surface area contributed by atoms with Crippen LogP contribution in [0.3, 0.4) is 0 Å². The van der Waals surface area contributed by atoms with Crippen LogP contribution in [0.1, 0.15) is 25.8 Å². The molecule has 0 aromatic heterocycles. The van der Waals surface area contributed by atoms with Crippen LogP contribution in [0.4, 0.5) is 5.69 Å². The normalized spacial score (nSPS) is 14.8. The second-order valence-corrected chi connectivity index (χ2v) is 7.09. The molecular formula is C23H27NO2. The average Bonchev–Trinajstić information content (AvgIpc) is 2.64. The van der Waals surface area contributed by atoms with E-state index in [9.17, 15) is 0 Å². The number of fused-ring (bicyclic) bond motifs is 1. The topological polar surface area (TPSA) is 30.5 Å². The zero-order valence-electron chi connectivity index (χ0n) is 15.8. The maximum atomic E-state index is 5.62. The molecule has 1 N–H and O–H groups in total. The summed E-state index contributed by atoms with van der Waals surface area (Å²) in [5.41, 5.74) is 5.88. The molecule has 0 saturated carbocycles. The molecule has 0 bridgehead atoms. The number of ether oxygens (including phenoxy) is 2. The number of anilines is 1. The Hall–Kier alpha value is -2.52. The Morgan fingerprint density at radius 1 is 1.12 bits per heavy atom. The molecule has 0 aliphatic carbocycles. The van der Waals surface area contributed by atoms with E-state index in [4.69, 9.17) is 9.47 Å². The smallest absolute Gasteiger partial charge is 0.126 e. The van der Waals surface area contributed by atoms with Crippen molar-refractivity contribution in [2.75, 3.05) is 25.6 Å². The Balaban J connectivity index is 1.97. The molecule has 3 nitrogen and oxygen atoms in total. The number of hydrogen-bond acceptors (Lipinski definition) is 3. The zero-order chi connectivity index (χ0) is 18.6. The van der Waals surface area contributed by atoms with E-state index in [1.807, 2.05) is 18.2 Å². The SMILES string of the molecule is C=CCOCCC1=CC(C)(C)Nc2ccc(-c3ccccc3OC)cc21. The number of para-hydroxylation sites is 1. The molecule has 0 radical (unpaired) electrons. The molecule has 136 valence electrons. The first kappa shape index (κ1) is 18.3. The lowest BCUT2D eigenvalue weighted by atomic mass is 9.87. The minimum atomic E-state index is -0.0767. The molecule has 2 aromatic rings. The van der Waals surface area contributed by atoms with Crippen molar-refractivity contribution in [2.45, 2.75) is 25.8 Å². The van der Waals surface area contributed by atoms with Gasteiger partial charge < -0.3 is 14.8 Å². The van der Waals surface area contributed by atoms with Gasteiger partial charge in [0.15, 0.2) is 0 Å². The van der Waals surface area contributed by atoms with Crippen LogP contribution in [0.5, 0.6) is 5.75 Å². The maximum Gasteiger partial charge on any atom is 0.126 e. The first-order valence-electron chi connectivity index (χ1n) is 9.00. The van der Waals surface area contributed by atoms with Gasteiger partial charge in [0.2, 0.25) is 0 Å². The summed E-state index contributed by atoms with van der Waals surface area (Å²) in [6.45, 7) is 9.36. The molecule has 0 unspecified atom stereocenters. The van der Waals surface area contributed by atoms with E-state index in [0.717, 1.165) is 29.0 Å². The molecule has 3 heteroatoms. The van der Waals surface area contributed by atoms with Gasteiger partial charge in [0.05, 0.1) is 25.9 Å². The Bertz CT molecular complexity index is 821. The third-order valence-electron chi connectivity index (χ3n) is 4.53. The summed E-state index contributed by atoms with van der Waals surface area (Å²) in [5, 5.41) is 3.61. The van der Waals surface area contributed by atoms with Crippen molar-refractivity contribution >= 4 is 11.3 Å². The Morgan fingerprint density at radius 2 is 1.92 bits per heavy atom. The summed E-state index contributed by atoms with van der Waals surface area (Å²) in [4.78, 5) is 0. The van der Waals surface area contributed by atoms with Gasteiger partial charge in [-0.2, -0.15) is 0 Å². The van der Waals surface area contributed by atoms with Crippen molar-refractivity contribution in [3.8, 4) is 16.9 Å². The Morgan fingerprint density at radius 3 is 2.69 bits per heavy atom. The van der Waals surface area contributed by atoms with Gasteiger partial charge in [-0.1, -0.05) is 36.4 Å². The summed E-state index contributed by atoms with van der Waals surface area (Å²) >= 11 is 0. The number of benzene rings is 2. The van der Waals surface area contributed by atoms with Crippen molar-refractivity contribution in [1.82, 2.24) is 0 Å². The lowest BCUT2D eigenvalue weighted by molar-refractivity contribution is 0.169. The first-order chi connectivity index (χ1) is 12.5. The van der Waals surface area contributed by atoms with Gasteiger partial charge in [-0.3, -0.25) is 0 Å². The van der Waals surface area contributed by atoms with Gasteiger partial charge in [-0.05, 0) is 49.6 Å². The van der Waals surface area contributed by atoms with E-state index in [0.29, 0.717) is 13.2 Å². The maximum absolute atomic E-state index is 5.62. The standard InChI is InChI=1S/C23H27NO2/c1-5-13-26-14-12-18-16-23(2,3)24-21-11-10-17(15-20(18)21)19-8-6-7-9-22(19)25-4/h5-11,15-16,24H,1,12-14H2,2-4H3. The van der Waals surface area contributed by atoms with Gasteiger partial charge in [0, 0.05) is 16.8 Å². The van der Waals surface area contributed by atoms with Crippen LogP contribution in [0, 0.1) is 0 Å². The van der Waals surface area contributed by atoms with Gasteiger partial charge in [0.1, 0.15) is 5.75 Å². The van der Waals surface area contributed by atoms with E-state index in [2.05, 4.69) is 56.1 Å². The van der Waals surface area contributed by atoms with Crippen molar-refractivity contribution < 1.29 is 9.47 Å². The second-order valence-electron chi connectivity index (χ2n) is 7.09. The van der Waals surface area contributed by atoms with Crippen LogP contribution in [0.2, 0.25) is 0 Å². The van der Waals surface area contributed by atoms with E-state index in [-0.39, 0.29) is 5.54 Å². The number of rotatable bonds is 7. The molecular weight excluding hydrogens is 322 g/mol. The van der Waals surface area contributed by atoms with Gasteiger partial charge in [-0.15, -0.1) is 6.58 Å². The van der Waals surface area contributed by atoms with Crippen molar-refractivity contribution in [3.05, 3.63) is 66.8 Å². The largest absolute Gasteiger partial charge is 0.496 e. The molecule has 2 aromatic carbocycles. The molecule has 0 fully saturated rings. The predicted octanol–water partition coefficient (Wildman–Crippen LogP) is 5.54. The molecule has 1 heterocycles. The lowest BCUT2D eigenvalue weighted by Crippen LogP contribution is -2.31. The fraction of sp³-hybridized carbons (Fsp3) is 0.304. The van der Waals surface area contributed by atoms with Crippen molar-refractivity contribution in [2.24, 2.45) is 0 Å². The molecule has 0 spiro atoms. The molecule has 1 aliphatic heterocycles. The predicted molar refractivity (Wildman–Crippen MR) is 110 cm³/mol. The molecule has 0 saturated heterocycles. The van der Waals surface area contributed by atoms with Gasteiger partial charge in [-0.25, -0.2) is 0 Å². The lowest BCUT2D eigenvalue weighted by Gasteiger charge is -2.32. The first-order valence-corrected chi connectivity index (χ1v) is 9.00. The van der Waals surface area contributed by atoms with Crippen LogP contribution < -0.4 is 10.1 Å². The van der Waals surface area contributed by atoms with Gasteiger partial charge in [0.25, 0.3) is 0 Å². The third-order valence-corrected chi connectivity index (χ3v) is 4.53. The summed E-state index contributed by atoms with van der Waals surface area (Å²) in [6, 6.07) is 14.7. The number of methoxy groups -OCH3 is 1. The number of nitrogens with one attached hydrogen (secondary N) is 1. The summed E-state index contributed by atoms with van der Waals surface area (Å²) in [7, 11) is 1.71. The van der Waals surface area contributed by atoms with Crippen molar-refractivity contribution in [1.29, 1.82) is 0 Å². The Kier molecular flexibility index (Phi) is 5.48. The highest BCUT2D eigenvalue weighted by atomic mass is 16.5. The zero-order valence-corrected chi connectivity index (χ0v) is 15.8. The summed E-state index contributed by atoms with van der Waals surface area (Å²) in [6.07, 6.45) is 4.97. The average molecular weight is 349 g/mol. The van der Waals surface area contributed by atoms with Crippen molar-refractivity contribution in [3.63, 3.8) is 0 Å². The quantitative estimate of drug-likeness (QED) is 0.526. The van der Waals surface area contributed by atoms with Gasteiger partial charge >= 0.3 is 0 Å². The summed E-state index contributed by atoms with van der Waals surface area (Å²) in [5.74, 6) is 0.886. The van der Waals surface area contributed by atoms with Crippen LogP contribution in [-0.2, 0) is 4.74 Å². The van der Waals surface area contributed by atoms with Crippen LogP contribution in [0.25, 0.3) is 16.7 Å². The van der Waals surface area contributed by atoms with E-state index >= 15 is 0 Å². The van der Waals surface area contributed by atoms with E-state index in [1.54, 1.807) is 13.2 Å². The van der Waals surface area contributed by atoms with E-state index < -0.39 is 0 Å². The van der Waals surface area contributed by atoms with Crippen LogP contribution >= 0.6 is 0 Å². The molecule has 3 rings (SSSR count). The Labute approximate surface area is 156 Å². The number of hydrogen-bond donors (Lipinski definition) is 1. The minimum Gasteiger partial charge on any atom is -0.496 e. The molecule has 26 heavy (non-hydrogen) atoms. The molecule has 0 amide bonds. The molecule has 0 atom stereocenters. The monoisotopic (exact) mass is 349 g/mol.